The lowest BCUT2D eigenvalue weighted by Crippen LogP contribution is -2.35. The van der Waals surface area contributed by atoms with Crippen LogP contribution in [0, 0.1) is 0 Å². The monoisotopic (exact) mass is 404 g/mol. The summed E-state index contributed by atoms with van der Waals surface area (Å²) in [5.74, 6) is -1.31. The van der Waals surface area contributed by atoms with Crippen LogP contribution >= 0.6 is 22.6 Å². The minimum absolute atomic E-state index is 0.142. The molecule has 112 valence electrons. The minimum Gasteiger partial charge on any atom is -0.370 e. The van der Waals surface area contributed by atoms with Gasteiger partial charge in [0.15, 0.2) is 6.23 Å². The van der Waals surface area contributed by atoms with Crippen LogP contribution in [-0.2, 0) is 14.4 Å². The number of carbonyl (C=O) groups excluding carboxylic acids is 3. The van der Waals surface area contributed by atoms with E-state index in [4.69, 9.17) is 4.84 Å². The molecule has 1 atom stereocenters. The molecule has 1 fully saturated rings. The molecule has 0 bridgehead atoms. The van der Waals surface area contributed by atoms with Crippen LogP contribution in [0.5, 0.6) is 0 Å². The van der Waals surface area contributed by atoms with Gasteiger partial charge in [0.2, 0.25) is 5.91 Å². The van der Waals surface area contributed by atoms with E-state index >= 15 is 0 Å². The molecule has 1 saturated heterocycles. The lowest BCUT2D eigenvalue weighted by molar-refractivity contribution is -0.191. The Labute approximate surface area is 134 Å². The number of aliphatic hydroxyl groups excluding tert-OH is 1. The Hall–Kier alpha value is -1.68. The highest BCUT2D eigenvalue weighted by molar-refractivity contribution is 14.1. The van der Waals surface area contributed by atoms with Gasteiger partial charge in [0, 0.05) is 18.5 Å². The van der Waals surface area contributed by atoms with Crippen LogP contribution in [0.3, 0.4) is 0 Å². The number of amides is 2. The first-order valence-corrected chi connectivity index (χ1v) is 7.72. The molecule has 1 unspecified atom stereocenters. The van der Waals surface area contributed by atoms with Gasteiger partial charge in [0.05, 0.1) is 9.99 Å². The summed E-state index contributed by atoms with van der Waals surface area (Å²) in [6, 6.07) is 6.06. The highest BCUT2D eigenvalue weighted by Gasteiger charge is 2.33. The molecule has 0 aliphatic carbocycles. The number of rotatable bonds is 4. The first-order valence-electron chi connectivity index (χ1n) is 6.19. The average Bonchev–Trinajstić information content (AvgIpc) is 2.79. The number of nitrogens with one attached hydrogen (secondary N) is 1. The molecule has 21 heavy (non-hydrogen) atoms. The molecule has 0 radical (unpaired) electrons. The number of hydrogen-bond donors (Lipinski definition) is 2. The van der Waals surface area contributed by atoms with E-state index in [0.717, 1.165) is 0 Å². The topological polar surface area (TPSA) is 95.9 Å². The number of anilines is 1. The van der Waals surface area contributed by atoms with Crippen molar-refractivity contribution in [1.29, 1.82) is 0 Å². The predicted octanol–water partition coefficient (Wildman–Crippen LogP) is 1.07. The Morgan fingerprint density at radius 1 is 1.38 bits per heavy atom. The van der Waals surface area contributed by atoms with Gasteiger partial charge in [0.25, 0.3) is 5.91 Å². The molecule has 2 amide bonds. The van der Waals surface area contributed by atoms with Gasteiger partial charge >= 0.3 is 5.97 Å². The Morgan fingerprint density at radius 3 is 2.57 bits per heavy atom. The van der Waals surface area contributed by atoms with Crippen LogP contribution < -0.4 is 5.32 Å². The molecular formula is C13H13IN2O5. The van der Waals surface area contributed by atoms with Gasteiger partial charge in [-0.1, -0.05) is 22.6 Å². The summed E-state index contributed by atoms with van der Waals surface area (Å²) in [5, 5.41) is 12.8. The minimum atomic E-state index is -1.09. The van der Waals surface area contributed by atoms with E-state index in [-0.39, 0.29) is 24.3 Å². The first-order chi connectivity index (χ1) is 10.0. The molecule has 1 aliphatic heterocycles. The smallest absolute Gasteiger partial charge is 0.363 e. The van der Waals surface area contributed by atoms with Crippen molar-refractivity contribution < 1.29 is 24.3 Å². The normalized spacial score (nSPS) is 17.7. The molecule has 1 aromatic rings. The maximum Gasteiger partial charge on any atom is 0.363 e. The Balaban J connectivity index is 2.00. The molecular weight excluding hydrogens is 391 g/mol. The van der Waals surface area contributed by atoms with Crippen molar-refractivity contribution in [3.63, 3.8) is 0 Å². The summed E-state index contributed by atoms with van der Waals surface area (Å²) in [4.78, 5) is 39.4. The molecule has 2 rings (SSSR count). The maximum atomic E-state index is 11.9. The van der Waals surface area contributed by atoms with Crippen LogP contribution in [0.2, 0.25) is 0 Å². The zero-order valence-electron chi connectivity index (χ0n) is 10.9. The van der Waals surface area contributed by atoms with Gasteiger partial charge in [-0.3, -0.25) is 9.59 Å². The number of alkyl halides is 1. The van der Waals surface area contributed by atoms with E-state index in [2.05, 4.69) is 5.32 Å². The highest BCUT2D eigenvalue weighted by Crippen LogP contribution is 2.18. The molecule has 0 saturated carbocycles. The zero-order chi connectivity index (χ0) is 15.4. The Morgan fingerprint density at radius 2 is 2.05 bits per heavy atom. The van der Waals surface area contributed by atoms with Crippen LogP contribution in [0.4, 0.5) is 5.69 Å². The molecule has 2 N–H and O–H groups in total. The SMILES string of the molecule is O=C(CI)Nc1ccc(C(=O)ON2C(=O)CCC2O)cc1. The lowest BCUT2D eigenvalue weighted by Gasteiger charge is -2.18. The van der Waals surface area contributed by atoms with Gasteiger partial charge in [-0.25, -0.2) is 4.79 Å². The zero-order valence-corrected chi connectivity index (χ0v) is 13.1. The van der Waals surface area contributed by atoms with Crippen LogP contribution in [0.15, 0.2) is 24.3 Å². The number of carbonyl (C=O) groups is 3. The third kappa shape index (κ3) is 3.91. The molecule has 1 aromatic carbocycles. The van der Waals surface area contributed by atoms with Gasteiger partial charge in [-0.15, -0.1) is 5.06 Å². The molecule has 0 spiro atoms. The van der Waals surface area contributed by atoms with Gasteiger partial charge < -0.3 is 15.3 Å². The van der Waals surface area contributed by atoms with E-state index in [1.807, 2.05) is 22.6 Å². The standard InChI is InChI=1S/C13H13IN2O5/c14-7-10(17)15-9-3-1-8(2-4-9)13(20)21-16-11(18)5-6-12(16)19/h1-4,11,18H,5-7H2,(H,15,17). The summed E-state index contributed by atoms with van der Waals surface area (Å²) in [6.45, 7) is 0. The number of halogens is 1. The molecule has 7 nitrogen and oxygen atoms in total. The van der Waals surface area contributed by atoms with Crippen LogP contribution in [0.1, 0.15) is 23.2 Å². The molecule has 0 aromatic heterocycles. The fraction of sp³-hybridized carbons (Fsp3) is 0.308. The van der Waals surface area contributed by atoms with Gasteiger partial charge in [0.1, 0.15) is 0 Å². The van der Waals surface area contributed by atoms with E-state index in [9.17, 15) is 19.5 Å². The van der Waals surface area contributed by atoms with Crippen molar-refractivity contribution >= 4 is 46.1 Å². The van der Waals surface area contributed by atoms with E-state index in [0.29, 0.717) is 15.2 Å². The summed E-state index contributed by atoms with van der Waals surface area (Å²) in [6.07, 6.45) is -0.702. The van der Waals surface area contributed by atoms with Crippen molar-refractivity contribution in [3.05, 3.63) is 29.8 Å². The predicted molar refractivity (Wildman–Crippen MR) is 81.5 cm³/mol. The Bertz CT molecular complexity index is 560. The van der Waals surface area contributed by atoms with E-state index in [1.54, 1.807) is 12.1 Å². The van der Waals surface area contributed by atoms with Crippen molar-refractivity contribution in [1.82, 2.24) is 5.06 Å². The Kier molecular flexibility index (Phi) is 5.12. The second kappa shape index (κ2) is 6.85. The highest BCUT2D eigenvalue weighted by atomic mass is 127. The fourth-order valence-corrected chi connectivity index (χ4v) is 1.97. The summed E-state index contributed by atoms with van der Waals surface area (Å²) < 4.78 is 0.330. The quantitative estimate of drug-likeness (QED) is 0.579. The number of aliphatic hydroxyl groups is 1. The second-order valence-corrected chi connectivity index (χ2v) is 5.14. The third-order valence-corrected chi connectivity index (χ3v) is 3.53. The van der Waals surface area contributed by atoms with Crippen LogP contribution in [-0.4, -0.2) is 38.6 Å². The third-order valence-electron chi connectivity index (χ3n) is 2.84. The number of benzene rings is 1. The lowest BCUT2D eigenvalue weighted by atomic mass is 10.2. The molecule has 8 heteroatoms. The first kappa shape index (κ1) is 15.7. The summed E-state index contributed by atoms with van der Waals surface area (Å²) in [7, 11) is 0. The number of hydrogen-bond acceptors (Lipinski definition) is 5. The van der Waals surface area contributed by atoms with Crippen molar-refractivity contribution in [2.75, 3.05) is 9.74 Å². The molecule has 1 heterocycles. The summed E-state index contributed by atoms with van der Waals surface area (Å²) >= 11 is 1.94. The van der Waals surface area contributed by atoms with E-state index < -0.39 is 18.1 Å². The van der Waals surface area contributed by atoms with Crippen molar-refractivity contribution in [2.24, 2.45) is 0 Å². The summed E-state index contributed by atoms with van der Waals surface area (Å²) in [5.41, 5.74) is 0.778. The number of nitrogens with zero attached hydrogens (tertiary/aromatic N) is 1. The number of hydroxylamine groups is 2. The molecule has 1 aliphatic rings. The van der Waals surface area contributed by atoms with Gasteiger partial charge in [-0.2, -0.15) is 0 Å². The fourth-order valence-electron chi connectivity index (χ4n) is 1.78. The van der Waals surface area contributed by atoms with E-state index in [1.165, 1.54) is 12.1 Å². The van der Waals surface area contributed by atoms with Crippen molar-refractivity contribution in [2.45, 2.75) is 19.1 Å². The van der Waals surface area contributed by atoms with Crippen LogP contribution in [0.25, 0.3) is 0 Å². The van der Waals surface area contributed by atoms with Crippen molar-refractivity contribution in [3.8, 4) is 0 Å². The average molecular weight is 404 g/mol. The largest absolute Gasteiger partial charge is 0.370 e. The second-order valence-electron chi connectivity index (χ2n) is 4.38. The van der Waals surface area contributed by atoms with Gasteiger partial charge in [-0.05, 0) is 24.3 Å². The maximum absolute atomic E-state index is 11.9.